The molecule has 1 aliphatic heterocycles. The Morgan fingerprint density at radius 2 is 2.08 bits per heavy atom. The standard InChI is InChI=1S/C10H19NOS/c1-8-7-13-6-5-11(8)9(12)10(2,3)4/h8H,5-7H2,1-4H3. The van der Waals surface area contributed by atoms with Crippen molar-refractivity contribution in [2.24, 2.45) is 5.41 Å². The van der Waals surface area contributed by atoms with Gasteiger partial charge in [-0.25, -0.2) is 0 Å². The van der Waals surface area contributed by atoms with Crippen molar-refractivity contribution in [2.75, 3.05) is 18.1 Å². The molecule has 1 atom stereocenters. The Labute approximate surface area is 85.1 Å². The van der Waals surface area contributed by atoms with Crippen LogP contribution in [-0.2, 0) is 4.79 Å². The van der Waals surface area contributed by atoms with Crippen molar-refractivity contribution in [1.29, 1.82) is 0 Å². The van der Waals surface area contributed by atoms with Crippen LogP contribution in [0, 0.1) is 5.41 Å². The molecule has 3 heteroatoms. The second-order valence-corrected chi connectivity index (χ2v) is 5.82. The van der Waals surface area contributed by atoms with Crippen LogP contribution >= 0.6 is 11.8 Å². The van der Waals surface area contributed by atoms with Gasteiger partial charge in [0, 0.05) is 29.5 Å². The van der Waals surface area contributed by atoms with Crippen molar-refractivity contribution in [3.05, 3.63) is 0 Å². The minimum Gasteiger partial charge on any atom is -0.338 e. The van der Waals surface area contributed by atoms with Gasteiger partial charge in [0.05, 0.1) is 0 Å². The predicted octanol–water partition coefficient (Wildman–Crippen LogP) is 2.00. The van der Waals surface area contributed by atoms with E-state index in [1.807, 2.05) is 37.4 Å². The molecule has 0 saturated carbocycles. The van der Waals surface area contributed by atoms with Gasteiger partial charge < -0.3 is 4.90 Å². The number of carbonyl (C=O) groups is 1. The Bertz CT molecular complexity index is 198. The summed E-state index contributed by atoms with van der Waals surface area (Å²) in [5.41, 5.74) is -0.226. The molecule has 0 aromatic rings. The van der Waals surface area contributed by atoms with Crippen LogP contribution in [0.1, 0.15) is 27.7 Å². The number of carbonyl (C=O) groups excluding carboxylic acids is 1. The van der Waals surface area contributed by atoms with E-state index in [0.717, 1.165) is 18.1 Å². The third kappa shape index (κ3) is 2.63. The summed E-state index contributed by atoms with van der Waals surface area (Å²) in [6.07, 6.45) is 0. The number of amides is 1. The van der Waals surface area contributed by atoms with E-state index in [0.29, 0.717) is 11.9 Å². The minimum atomic E-state index is -0.226. The van der Waals surface area contributed by atoms with Gasteiger partial charge >= 0.3 is 0 Å². The van der Waals surface area contributed by atoms with Gasteiger partial charge in [-0.05, 0) is 6.92 Å². The number of hydrogen-bond acceptors (Lipinski definition) is 2. The lowest BCUT2D eigenvalue weighted by Crippen LogP contribution is -2.48. The zero-order valence-electron chi connectivity index (χ0n) is 8.96. The van der Waals surface area contributed by atoms with Gasteiger partial charge in [-0.3, -0.25) is 4.79 Å². The van der Waals surface area contributed by atoms with Gasteiger partial charge in [-0.1, -0.05) is 20.8 Å². The maximum atomic E-state index is 11.9. The number of thioether (sulfide) groups is 1. The molecule has 0 bridgehead atoms. The van der Waals surface area contributed by atoms with E-state index >= 15 is 0 Å². The zero-order chi connectivity index (χ0) is 10.1. The number of hydrogen-bond donors (Lipinski definition) is 0. The second kappa shape index (κ2) is 3.91. The Morgan fingerprint density at radius 1 is 1.46 bits per heavy atom. The molecule has 0 N–H and O–H groups in total. The van der Waals surface area contributed by atoms with E-state index in [4.69, 9.17) is 0 Å². The average molecular weight is 201 g/mol. The van der Waals surface area contributed by atoms with Crippen LogP contribution in [0.3, 0.4) is 0 Å². The quantitative estimate of drug-likeness (QED) is 0.597. The molecule has 1 amide bonds. The highest BCUT2D eigenvalue weighted by Gasteiger charge is 2.31. The van der Waals surface area contributed by atoms with Crippen LogP contribution in [0.25, 0.3) is 0 Å². The van der Waals surface area contributed by atoms with Crippen molar-refractivity contribution in [3.63, 3.8) is 0 Å². The molecule has 0 aromatic heterocycles. The molecule has 1 aliphatic rings. The van der Waals surface area contributed by atoms with Gasteiger partial charge in [0.1, 0.15) is 0 Å². The van der Waals surface area contributed by atoms with E-state index in [9.17, 15) is 4.79 Å². The lowest BCUT2D eigenvalue weighted by molar-refractivity contribution is -0.141. The smallest absolute Gasteiger partial charge is 0.228 e. The highest BCUT2D eigenvalue weighted by molar-refractivity contribution is 7.99. The fraction of sp³-hybridized carbons (Fsp3) is 0.900. The molecule has 2 nitrogen and oxygen atoms in total. The third-order valence-corrected chi connectivity index (χ3v) is 3.46. The third-order valence-electron chi connectivity index (χ3n) is 2.27. The van der Waals surface area contributed by atoms with Crippen LogP contribution < -0.4 is 0 Å². The van der Waals surface area contributed by atoms with E-state index < -0.39 is 0 Å². The molecule has 1 rings (SSSR count). The first kappa shape index (κ1) is 10.9. The molecule has 1 saturated heterocycles. The molecule has 1 fully saturated rings. The molecule has 0 spiro atoms. The molecule has 0 aromatic carbocycles. The zero-order valence-corrected chi connectivity index (χ0v) is 9.78. The van der Waals surface area contributed by atoms with Crippen molar-refractivity contribution in [2.45, 2.75) is 33.7 Å². The maximum Gasteiger partial charge on any atom is 0.228 e. The minimum absolute atomic E-state index is 0.226. The molecule has 0 aliphatic carbocycles. The molecule has 13 heavy (non-hydrogen) atoms. The highest BCUT2D eigenvalue weighted by atomic mass is 32.2. The fourth-order valence-electron chi connectivity index (χ4n) is 1.46. The van der Waals surface area contributed by atoms with E-state index in [-0.39, 0.29) is 5.41 Å². The summed E-state index contributed by atoms with van der Waals surface area (Å²) in [4.78, 5) is 14.0. The second-order valence-electron chi connectivity index (χ2n) is 4.67. The lowest BCUT2D eigenvalue weighted by Gasteiger charge is -2.37. The first-order valence-corrected chi connectivity index (χ1v) is 5.97. The van der Waals surface area contributed by atoms with Crippen molar-refractivity contribution >= 4 is 17.7 Å². The van der Waals surface area contributed by atoms with E-state index in [2.05, 4.69) is 6.92 Å². The Balaban J connectivity index is 2.64. The Hall–Kier alpha value is -0.180. The largest absolute Gasteiger partial charge is 0.338 e. The number of nitrogens with zero attached hydrogens (tertiary/aromatic N) is 1. The summed E-state index contributed by atoms with van der Waals surface area (Å²) in [5, 5.41) is 0. The van der Waals surface area contributed by atoms with Crippen LogP contribution in [0.4, 0.5) is 0 Å². The summed E-state index contributed by atoms with van der Waals surface area (Å²) in [5.74, 6) is 2.47. The van der Waals surface area contributed by atoms with Crippen molar-refractivity contribution in [1.82, 2.24) is 4.90 Å². The number of rotatable bonds is 0. The maximum absolute atomic E-state index is 11.9. The van der Waals surface area contributed by atoms with Gasteiger partial charge in [0.15, 0.2) is 0 Å². The first-order valence-electron chi connectivity index (χ1n) is 4.82. The normalized spacial score (nSPS) is 24.6. The van der Waals surface area contributed by atoms with Crippen molar-refractivity contribution < 1.29 is 4.79 Å². The van der Waals surface area contributed by atoms with Crippen LogP contribution in [-0.4, -0.2) is 34.9 Å². The topological polar surface area (TPSA) is 20.3 Å². The molecule has 1 unspecified atom stereocenters. The SMILES string of the molecule is CC1CSCCN1C(=O)C(C)(C)C. The lowest BCUT2D eigenvalue weighted by atomic mass is 9.94. The van der Waals surface area contributed by atoms with E-state index in [1.54, 1.807) is 0 Å². The van der Waals surface area contributed by atoms with Crippen molar-refractivity contribution in [3.8, 4) is 0 Å². The summed E-state index contributed by atoms with van der Waals surface area (Å²) in [7, 11) is 0. The highest BCUT2D eigenvalue weighted by Crippen LogP contribution is 2.23. The Kier molecular flexibility index (Phi) is 3.28. The van der Waals surface area contributed by atoms with Crippen LogP contribution in [0.2, 0.25) is 0 Å². The Morgan fingerprint density at radius 3 is 2.54 bits per heavy atom. The van der Waals surface area contributed by atoms with Crippen LogP contribution in [0.15, 0.2) is 0 Å². The van der Waals surface area contributed by atoms with Gasteiger partial charge in [-0.15, -0.1) is 0 Å². The monoisotopic (exact) mass is 201 g/mol. The molecular weight excluding hydrogens is 182 g/mol. The van der Waals surface area contributed by atoms with Crippen LogP contribution in [0.5, 0.6) is 0 Å². The van der Waals surface area contributed by atoms with Gasteiger partial charge in [-0.2, -0.15) is 11.8 Å². The van der Waals surface area contributed by atoms with Gasteiger partial charge in [0.2, 0.25) is 5.91 Å². The van der Waals surface area contributed by atoms with Gasteiger partial charge in [0.25, 0.3) is 0 Å². The first-order chi connectivity index (χ1) is 5.93. The average Bonchev–Trinajstić information content (AvgIpc) is 2.02. The summed E-state index contributed by atoms with van der Waals surface area (Å²) in [6.45, 7) is 9.02. The summed E-state index contributed by atoms with van der Waals surface area (Å²) >= 11 is 1.94. The molecule has 1 heterocycles. The predicted molar refractivity (Wildman–Crippen MR) is 58.0 cm³/mol. The molecular formula is C10H19NOS. The fourth-order valence-corrected chi connectivity index (χ4v) is 2.47. The molecule has 76 valence electrons. The summed E-state index contributed by atoms with van der Waals surface area (Å²) < 4.78 is 0. The molecule has 0 radical (unpaired) electrons. The summed E-state index contributed by atoms with van der Waals surface area (Å²) in [6, 6.07) is 0.408. The van der Waals surface area contributed by atoms with E-state index in [1.165, 1.54) is 0 Å².